The fraction of sp³-hybridized carbons (Fsp3) is 0.308. The van der Waals surface area contributed by atoms with Gasteiger partial charge >= 0.3 is 5.97 Å². The van der Waals surface area contributed by atoms with Gasteiger partial charge in [-0.15, -0.1) is 0 Å². The molecule has 0 bridgehead atoms. The maximum absolute atomic E-state index is 11.0. The summed E-state index contributed by atoms with van der Waals surface area (Å²) in [6.07, 6.45) is 0. The summed E-state index contributed by atoms with van der Waals surface area (Å²) in [4.78, 5) is 11.0. The number of fused-ring (bicyclic) bond motifs is 1. The van der Waals surface area contributed by atoms with E-state index in [-0.39, 0.29) is 0 Å². The summed E-state index contributed by atoms with van der Waals surface area (Å²) in [6, 6.07) is 6.44. The van der Waals surface area contributed by atoms with Gasteiger partial charge in [-0.3, -0.25) is 4.79 Å². The molecule has 0 aliphatic carbocycles. The van der Waals surface area contributed by atoms with Crippen molar-refractivity contribution < 1.29 is 14.6 Å². The third kappa shape index (κ3) is 1.93. The lowest BCUT2D eigenvalue weighted by atomic mass is 10.2. The Kier molecular flexibility index (Phi) is 3.25. The van der Waals surface area contributed by atoms with Gasteiger partial charge in [-0.2, -0.15) is 0 Å². The highest BCUT2D eigenvalue weighted by molar-refractivity contribution is 5.85. The normalized spacial score (nSPS) is 12.6. The van der Waals surface area contributed by atoms with Gasteiger partial charge in [0.25, 0.3) is 0 Å². The topological polar surface area (TPSA) is 77.5 Å². The molecule has 5 nitrogen and oxygen atoms in total. The van der Waals surface area contributed by atoms with E-state index < -0.39 is 12.0 Å². The lowest BCUT2D eigenvalue weighted by molar-refractivity contribution is -0.138. The molecule has 0 amide bonds. The Bertz CT molecular complexity index is 589. The first kappa shape index (κ1) is 12.4. The van der Waals surface area contributed by atoms with Gasteiger partial charge in [0.1, 0.15) is 11.8 Å². The quantitative estimate of drug-likeness (QED) is 0.864. The summed E-state index contributed by atoms with van der Waals surface area (Å²) in [5.74, 6) is -0.287. The summed E-state index contributed by atoms with van der Waals surface area (Å²) in [5, 5.41) is 9.98. The number of benzene rings is 1. The molecule has 1 heterocycles. The fourth-order valence-electron chi connectivity index (χ4n) is 2.12. The largest absolute Gasteiger partial charge is 0.497 e. The molecule has 0 fully saturated rings. The molecule has 3 N–H and O–H groups in total. The van der Waals surface area contributed by atoms with E-state index in [1.807, 2.05) is 35.8 Å². The van der Waals surface area contributed by atoms with Gasteiger partial charge in [0.05, 0.1) is 12.6 Å². The molecule has 0 aliphatic heterocycles. The van der Waals surface area contributed by atoms with Crippen LogP contribution in [0.5, 0.6) is 5.75 Å². The molecule has 96 valence electrons. The lowest BCUT2D eigenvalue weighted by Gasteiger charge is -2.11. The van der Waals surface area contributed by atoms with E-state index in [2.05, 4.69) is 0 Å². The minimum atomic E-state index is -1.03. The minimum Gasteiger partial charge on any atom is -0.497 e. The molecule has 2 aromatic rings. The predicted molar refractivity (Wildman–Crippen MR) is 68.7 cm³/mol. The maximum Gasteiger partial charge on any atom is 0.326 e. The third-order valence-corrected chi connectivity index (χ3v) is 3.04. The van der Waals surface area contributed by atoms with E-state index in [4.69, 9.17) is 15.6 Å². The molecule has 1 aromatic carbocycles. The van der Waals surface area contributed by atoms with E-state index in [9.17, 15) is 4.79 Å². The number of nitrogens with two attached hydrogens (primary N) is 1. The maximum atomic E-state index is 11.0. The van der Waals surface area contributed by atoms with Crippen molar-refractivity contribution in [3.63, 3.8) is 0 Å². The molecule has 0 saturated heterocycles. The molecule has 0 saturated carbocycles. The second-order valence-electron chi connectivity index (χ2n) is 4.05. The predicted octanol–water partition coefficient (Wildman–Crippen LogP) is 1.75. The van der Waals surface area contributed by atoms with Crippen molar-refractivity contribution in [2.45, 2.75) is 19.5 Å². The summed E-state index contributed by atoms with van der Waals surface area (Å²) in [6.45, 7) is 2.62. The minimum absolute atomic E-state index is 0.605. The Labute approximate surface area is 105 Å². The van der Waals surface area contributed by atoms with Crippen molar-refractivity contribution >= 4 is 16.9 Å². The Balaban J connectivity index is 2.65. The molecule has 0 radical (unpaired) electrons. The van der Waals surface area contributed by atoms with Crippen LogP contribution in [0, 0.1) is 0 Å². The standard InChI is InChI=1S/C13H16N2O3/c1-3-15-10-7-9(18-2)5-4-8(10)6-11(15)12(14)13(16)17/h4-7,12H,3,14H2,1-2H3,(H,16,17). The van der Waals surface area contributed by atoms with Crippen LogP contribution in [-0.4, -0.2) is 22.8 Å². The zero-order chi connectivity index (χ0) is 13.3. The van der Waals surface area contributed by atoms with Gasteiger partial charge in [0.15, 0.2) is 0 Å². The molecule has 0 spiro atoms. The molecule has 18 heavy (non-hydrogen) atoms. The van der Waals surface area contributed by atoms with Crippen LogP contribution in [0.15, 0.2) is 24.3 Å². The zero-order valence-electron chi connectivity index (χ0n) is 10.4. The van der Waals surface area contributed by atoms with Crippen molar-refractivity contribution in [1.29, 1.82) is 0 Å². The molecule has 0 aliphatic rings. The van der Waals surface area contributed by atoms with Crippen molar-refractivity contribution in [1.82, 2.24) is 4.57 Å². The van der Waals surface area contributed by atoms with Crippen LogP contribution in [0.3, 0.4) is 0 Å². The molecular weight excluding hydrogens is 232 g/mol. The van der Waals surface area contributed by atoms with Crippen molar-refractivity contribution in [3.05, 3.63) is 30.0 Å². The van der Waals surface area contributed by atoms with Crippen molar-refractivity contribution in [3.8, 4) is 5.75 Å². The van der Waals surface area contributed by atoms with Gasteiger partial charge in [-0.1, -0.05) is 0 Å². The van der Waals surface area contributed by atoms with Crippen LogP contribution in [0.25, 0.3) is 10.9 Å². The Morgan fingerprint density at radius 1 is 1.50 bits per heavy atom. The van der Waals surface area contributed by atoms with Gasteiger partial charge in [-0.25, -0.2) is 0 Å². The van der Waals surface area contributed by atoms with Crippen LogP contribution >= 0.6 is 0 Å². The van der Waals surface area contributed by atoms with Gasteiger partial charge in [0, 0.05) is 23.7 Å². The van der Waals surface area contributed by atoms with E-state index in [0.717, 1.165) is 16.7 Å². The average molecular weight is 248 g/mol. The molecular formula is C13H16N2O3. The summed E-state index contributed by atoms with van der Waals surface area (Å²) < 4.78 is 7.08. The van der Waals surface area contributed by atoms with Gasteiger partial charge < -0.3 is 20.1 Å². The number of nitrogens with zero attached hydrogens (tertiary/aromatic N) is 1. The number of carbonyl (C=O) groups is 1. The number of methoxy groups -OCH3 is 1. The summed E-state index contributed by atoms with van der Waals surface area (Å²) >= 11 is 0. The Morgan fingerprint density at radius 3 is 2.78 bits per heavy atom. The number of aromatic nitrogens is 1. The zero-order valence-corrected chi connectivity index (χ0v) is 10.4. The number of carboxylic acid groups (broad SMARTS) is 1. The van der Waals surface area contributed by atoms with E-state index in [1.54, 1.807) is 7.11 Å². The average Bonchev–Trinajstić information content (AvgIpc) is 2.74. The smallest absolute Gasteiger partial charge is 0.326 e. The van der Waals surface area contributed by atoms with E-state index in [0.29, 0.717) is 12.2 Å². The van der Waals surface area contributed by atoms with Crippen LogP contribution in [0.1, 0.15) is 18.7 Å². The Morgan fingerprint density at radius 2 is 2.22 bits per heavy atom. The van der Waals surface area contributed by atoms with Crippen molar-refractivity contribution in [2.75, 3.05) is 7.11 Å². The summed E-state index contributed by atoms with van der Waals surface area (Å²) in [7, 11) is 1.60. The number of ether oxygens (including phenoxy) is 1. The highest BCUT2D eigenvalue weighted by atomic mass is 16.5. The molecule has 2 rings (SSSR count). The Hall–Kier alpha value is -2.01. The van der Waals surface area contributed by atoms with Gasteiger partial charge in [0.2, 0.25) is 0 Å². The first-order valence-corrected chi connectivity index (χ1v) is 5.74. The van der Waals surface area contributed by atoms with E-state index in [1.165, 1.54) is 0 Å². The number of carboxylic acids is 1. The van der Waals surface area contributed by atoms with E-state index >= 15 is 0 Å². The van der Waals surface area contributed by atoms with Crippen LogP contribution in [-0.2, 0) is 11.3 Å². The highest BCUT2D eigenvalue weighted by Gasteiger charge is 2.20. The molecule has 1 unspecified atom stereocenters. The van der Waals surface area contributed by atoms with Crippen LogP contribution in [0.4, 0.5) is 0 Å². The van der Waals surface area contributed by atoms with Gasteiger partial charge in [-0.05, 0) is 25.1 Å². The van der Waals surface area contributed by atoms with Crippen LogP contribution < -0.4 is 10.5 Å². The molecule has 5 heteroatoms. The second kappa shape index (κ2) is 4.70. The lowest BCUT2D eigenvalue weighted by Crippen LogP contribution is -2.23. The number of rotatable bonds is 4. The first-order valence-electron chi connectivity index (χ1n) is 5.74. The van der Waals surface area contributed by atoms with Crippen LogP contribution in [0.2, 0.25) is 0 Å². The number of hydrogen-bond acceptors (Lipinski definition) is 3. The number of aryl methyl sites for hydroxylation is 1. The fourth-order valence-corrected chi connectivity index (χ4v) is 2.12. The number of aliphatic carboxylic acids is 1. The van der Waals surface area contributed by atoms with Crippen molar-refractivity contribution in [2.24, 2.45) is 5.73 Å². The third-order valence-electron chi connectivity index (χ3n) is 3.04. The summed E-state index contributed by atoms with van der Waals surface area (Å²) in [5.41, 5.74) is 7.24. The SMILES string of the molecule is CCn1c(C(N)C(=O)O)cc2ccc(OC)cc21. The first-order chi connectivity index (χ1) is 8.58. The highest BCUT2D eigenvalue weighted by Crippen LogP contribution is 2.27. The second-order valence-corrected chi connectivity index (χ2v) is 4.05. The monoisotopic (exact) mass is 248 g/mol. The molecule has 1 atom stereocenters. The number of hydrogen-bond donors (Lipinski definition) is 2. The molecule has 1 aromatic heterocycles.